The van der Waals surface area contributed by atoms with Crippen LogP contribution in [-0.4, -0.2) is 19.9 Å². The number of sulfonamides is 1. The van der Waals surface area contributed by atoms with E-state index in [1.54, 1.807) is 13.8 Å². The third kappa shape index (κ3) is 3.43. The Morgan fingerprint density at radius 1 is 1.16 bits per heavy atom. The second-order valence-electron chi connectivity index (χ2n) is 6.61. The number of benzene rings is 2. The molecule has 1 aliphatic rings. The SMILES string of the molecule is Cc1cc([N+](=O)[O-])cc(S(=O)(=O)NCC2(c3ccccc3)CC2)c1C. The molecule has 0 saturated heterocycles. The third-order valence-electron chi connectivity index (χ3n) is 4.95. The van der Waals surface area contributed by atoms with Crippen molar-refractivity contribution in [2.24, 2.45) is 0 Å². The van der Waals surface area contributed by atoms with Crippen molar-refractivity contribution < 1.29 is 13.3 Å². The van der Waals surface area contributed by atoms with Crippen molar-refractivity contribution in [2.45, 2.75) is 37.0 Å². The van der Waals surface area contributed by atoms with Gasteiger partial charge in [-0.25, -0.2) is 13.1 Å². The number of rotatable bonds is 6. The molecule has 0 spiro atoms. The summed E-state index contributed by atoms with van der Waals surface area (Å²) in [5.74, 6) is 0. The van der Waals surface area contributed by atoms with Gasteiger partial charge in [0, 0.05) is 24.1 Å². The minimum absolute atomic E-state index is 0.0249. The number of aryl methyl sites for hydroxylation is 1. The molecule has 132 valence electrons. The molecular weight excluding hydrogens is 340 g/mol. The fraction of sp³-hybridized carbons (Fsp3) is 0.333. The number of nitro benzene ring substituents is 1. The molecule has 1 fully saturated rings. The molecule has 1 aliphatic carbocycles. The Morgan fingerprint density at radius 2 is 1.80 bits per heavy atom. The number of non-ortho nitro benzene ring substituents is 1. The molecule has 1 saturated carbocycles. The molecule has 1 N–H and O–H groups in total. The van der Waals surface area contributed by atoms with Gasteiger partial charge in [-0.05, 0) is 43.4 Å². The Bertz CT molecular complexity index is 920. The van der Waals surface area contributed by atoms with Gasteiger partial charge in [0.25, 0.3) is 5.69 Å². The van der Waals surface area contributed by atoms with E-state index in [-0.39, 0.29) is 16.0 Å². The van der Waals surface area contributed by atoms with Crippen LogP contribution in [0.2, 0.25) is 0 Å². The first-order valence-electron chi connectivity index (χ1n) is 8.06. The Labute approximate surface area is 147 Å². The fourth-order valence-electron chi connectivity index (χ4n) is 3.01. The van der Waals surface area contributed by atoms with Crippen LogP contribution in [0.3, 0.4) is 0 Å². The number of nitrogens with zero attached hydrogens (tertiary/aromatic N) is 1. The molecule has 0 atom stereocenters. The number of hydrogen-bond acceptors (Lipinski definition) is 4. The lowest BCUT2D eigenvalue weighted by molar-refractivity contribution is -0.385. The minimum Gasteiger partial charge on any atom is -0.258 e. The van der Waals surface area contributed by atoms with Crippen LogP contribution < -0.4 is 4.72 Å². The normalized spacial score (nSPS) is 15.8. The van der Waals surface area contributed by atoms with Crippen molar-refractivity contribution in [3.05, 3.63) is 69.3 Å². The minimum atomic E-state index is -3.83. The summed E-state index contributed by atoms with van der Waals surface area (Å²) in [5, 5.41) is 11.0. The summed E-state index contributed by atoms with van der Waals surface area (Å²) in [6.45, 7) is 3.63. The van der Waals surface area contributed by atoms with E-state index in [1.807, 2.05) is 30.3 Å². The topological polar surface area (TPSA) is 89.3 Å². The van der Waals surface area contributed by atoms with Gasteiger partial charge in [0.2, 0.25) is 10.0 Å². The third-order valence-corrected chi connectivity index (χ3v) is 6.47. The standard InChI is InChI=1S/C18H20N2O4S/c1-13-10-16(20(21)22)11-17(14(13)2)25(23,24)19-12-18(8-9-18)15-6-4-3-5-7-15/h3-7,10-11,19H,8-9,12H2,1-2H3. The predicted octanol–water partition coefficient (Wildman–Crippen LogP) is 3.22. The van der Waals surface area contributed by atoms with Crippen LogP contribution in [0.1, 0.15) is 29.5 Å². The van der Waals surface area contributed by atoms with Crippen molar-refractivity contribution in [3.63, 3.8) is 0 Å². The first kappa shape index (κ1) is 17.6. The average Bonchev–Trinajstić information content (AvgIpc) is 3.37. The molecule has 0 radical (unpaired) electrons. The summed E-state index contributed by atoms with van der Waals surface area (Å²) in [7, 11) is -3.83. The zero-order valence-electron chi connectivity index (χ0n) is 14.2. The van der Waals surface area contributed by atoms with Crippen molar-refractivity contribution in [1.82, 2.24) is 4.72 Å². The monoisotopic (exact) mass is 360 g/mol. The highest BCUT2D eigenvalue weighted by Crippen LogP contribution is 2.47. The maximum absolute atomic E-state index is 12.8. The molecule has 25 heavy (non-hydrogen) atoms. The lowest BCUT2D eigenvalue weighted by atomic mass is 9.96. The first-order valence-corrected chi connectivity index (χ1v) is 9.54. The smallest absolute Gasteiger partial charge is 0.258 e. The highest BCUT2D eigenvalue weighted by Gasteiger charge is 2.44. The Balaban J connectivity index is 1.87. The van der Waals surface area contributed by atoms with Crippen LogP contribution in [0.25, 0.3) is 0 Å². The van der Waals surface area contributed by atoms with Crippen LogP contribution in [0, 0.1) is 24.0 Å². The molecule has 2 aromatic carbocycles. The number of hydrogen-bond donors (Lipinski definition) is 1. The molecule has 2 aromatic rings. The molecule has 0 unspecified atom stereocenters. The van der Waals surface area contributed by atoms with Crippen LogP contribution in [0.5, 0.6) is 0 Å². The predicted molar refractivity (Wildman–Crippen MR) is 95.1 cm³/mol. The van der Waals surface area contributed by atoms with E-state index in [2.05, 4.69) is 4.72 Å². The summed E-state index contributed by atoms with van der Waals surface area (Å²) >= 11 is 0. The summed E-state index contributed by atoms with van der Waals surface area (Å²) < 4.78 is 28.2. The Kier molecular flexibility index (Phi) is 4.38. The zero-order chi connectivity index (χ0) is 18.2. The van der Waals surface area contributed by atoms with Crippen LogP contribution in [0.15, 0.2) is 47.4 Å². The van der Waals surface area contributed by atoms with Gasteiger partial charge in [-0.1, -0.05) is 30.3 Å². The highest BCUT2D eigenvalue weighted by molar-refractivity contribution is 7.89. The van der Waals surface area contributed by atoms with E-state index < -0.39 is 14.9 Å². The van der Waals surface area contributed by atoms with E-state index in [4.69, 9.17) is 0 Å². The summed E-state index contributed by atoms with van der Waals surface area (Å²) in [6, 6.07) is 12.3. The van der Waals surface area contributed by atoms with E-state index in [1.165, 1.54) is 6.07 Å². The lowest BCUT2D eigenvalue weighted by Crippen LogP contribution is -2.32. The number of nitrogens with one attached hydrogen (secondary N) is 1. The maximum atomic E-state index is 12.8. The second-order valence-corrected chi connectivity index (χ2v) is 8.35. The lowest BCUT2D eigenvalue weighted by Gasteiger charge is -2.18. The zero-order valence-corrected chi connectivity index (χ0v) is 15.0. The van der Waals surface area contributed by atoms with Crippen LogP contribution in [0.4, 0.5) is 5.69 Å². The first-order chi connectivity index (χ1) is 11.8. The molecule has 3 rings (SSSR count). The number of nitro groups is 1. The second kappa shape index (κ2) is 6.24. The molecule has 0 aromatic heterocycles. The summed E-state index contributed by atoms with van der Waals surface area (Å²) in [5.41, 5.74) is 1.84. The molecule has 0 bridgehead atoms. The van der Waals surface area contributed by atoms with Gasteiger partial charge in [-0.15, -0.1) is 0 Å². The van der Waals surface area contributed by atoms with E-state index >= 15 is 0 Å². The maximum Gasteiger partial charge on any atom is 0.271 e. The highest BCUT2D eigenvalue weighted by atomic mass is 32.2. The van der Waals surface area contributed by atoms with Gasteiger partial charge < -0.3 is 0 Å². The van der Waals surface area contributed by atoms with E-state index in [0.717, 1.165) is 24.5 Å². The van der Waals surface area contributed by atoms with Crippen molar-refractivity contribution in [1.29, 1.82) is 0 Å². The van der Waals surface area contributed by atoms with Gasteiger partial charge in [0.1, 0.15) is 0 Å². The van der Waals surface area contributed by atoms with Crippen molar-refractivity contribution in [2.75, 3.05) is 6.54 Å². The Morgan fingerprint density at radius 3 is 2.36 bits per heavy atom. The van der Waals surface area contributed by atoms with Gasteiger partial charge in [0.05, 0.1) is 9.82 Å². The van der Waals surface area contributed by atoms with Crippen LogP contribution in [-0.2, 0) is 15.4 Å². The molecule has 0 heterocycles. The molecule has 0 amide bonds. The Hall–Kier alpha value is -2.25. The van der Waals surface area contributed by atoms with E-state index in [9.17, 15) is 18.5 Å². The van der Waals surface area contributed by atoms with Crippen molar-refractivity contribution >= 4 is 15.7 Å². The molecule has 6 nitrogen and oxygen atoms in total. The van der Waals surface area contributed by atoms with Gasteiger partial charge in [-0.3, -0.25) is 10.1 Å². The van der Waals surface area contributed by atoms with Gasteiger partial charge in [0.15, 0.2) is 0 Å². The van der Waals surface area contributed by atoms with E-state index in [0.29, 0.717) is 17.7 Å². The summed E-state index contributed by atoms with van der Waals surface area (Å²) in [6.07, 6.45) is 1.85. The largest absolute Gasteiger partial charge is 0.271 e. The molecule has 7 heteroatoms. The van der Waals surface area contributed by atoms with Gasteiger partial charge >= 0.3 is 0 Å². The van der Waals surface area contributed by atoms with Crippen LogP contribution >= 0.6 is 0 Å². The quantitative estimate of drug-likeness (QED) is 0.633. The summed E-state index contributed by atoms with van der Waals surface area (Å²) in [4.78, 5) is 10.4. The molecule has 0 aliphatic heterocycles. The fourth-order valence-corrected chi connectivity index (χ4v) is 4.48. The average molecular weight is 360 g/mol. The molecular formula is C18H20N2O4S. The van der Waals surface area contributed by atoms with Crippen molar-refractivity contribution in [3.8, 4) is 0 Å². The van der Waals surface area contributed by atoms with Gasteiger partial charge in [-0.2, -0.15) is 0 Å².